The topological polar surface area (TPSA) is 58.6 Å². The number of carbonyl (C=O) groups excluding carboxylic acids is 1. The second-order valence-corrected chi connectivity index (χ2v) is 7.87. The second kappa shape index (κ2) is 6.90. The standard InChI is InChI=1S/C19H28N4O2/c1-25-11-10-23-13-19(5-4-18(23)24)6-8-22(9-7-19)17-12-16(15-2-3-15)20-14-21-17/h12,14-15H,2-11,13H2,1H3. The first-order valence-corrected chi connectivity index (χ1v) is 9.53. The lowest BCUT2D eigenvalue weighted by atomic mass is 9.72. The molecule has 2 aliphatic heterocycles. The van der Waals surface area contributed by atoms with Gasteiger partial charge in [0, 0.05) is 57.4 Å². The van der Waals surface area contributed by atoms with Gasteiger partial charge < -0.3 is 14.5 Å². The van der Waals surface area contributed by atoms with Crippen LogP contribution in [0, 0.1) is 5.41 Å². The van der Waals surface area contributed by atoms with E-state index < -0.39 is 0 Å². The Bertz CT molecular complexity index is 624. The average molecular weight is 344 g/mol. The molecule has 6 nitrogen and oxygen atoms in total. The van der Waals surface area contributed by atoms with Crippen LogP contribution in [0.2, 0.25) is 0 Å². The molecule has 0 bridgehead atoms. The molecule has 3 heterocycles. The maximum atomic E-state index is 12.2. The Morgan fingerprint density at radius 3 is 2.76 bits per heavy atom. The monoisotopic (exact) mass is 344 g/mol. The normalized spacial score (nSPS) is 23.3. The van der Waals surface area contributed by atoms with Gasteiger partial charge in [-0.1, -0.05) is 0 Å². The summed E-state index contributed by atoms with van der Waals surface area (Å²) in [6, 6.07) is 2.19. The van der Waals surface area contributed by atoms with Crippen molar-refractivity contribution in [2.24, 2.45) is 5.41 Å². The van der Waals surface area contributed by atoms with Gasteiger partial charge in [-0.25, -0.2) is 9.97 Å². The fourth-order valence-corrected chi connectivity index (χ4v) is 4.26. The van der Waals surface area contributed by atoms with E-state index in [0.717, 1.165) is 51.3 Å². The smallest absolute Gasteiger partial charge is 0.222 e. The minimum atomic E-state index is 0.282. The molecule has 4 rings (SSSR count). The number of ether oxygens (including phenoxy) is 1. The third kappa shape index (κ3) is 3.64. The number of hydrogen-bond donors (Lipinski definition) is 0. The van der Waals surface area contributed by atoms with E-state index in [1.807, 2.05) is 4.90 Å². The van der Waals surface area contributed by atoms with Crippen LogP contribution in [0.5, 0.6) is 0 Å². The van der Waals surface area contributed by atoms with Gasteiger partial charge >= 0.3 is 0 Å². The number of anilines is 1. The minimum Gasteiger partial charge on any atom is -0.383 e. The largest absolute Gasteiger partial charge is 0.383 e. The number of carbonyl (C=O) groups is 1. The van der Waals surface area contributed by atoms with Crippen molar-refractivity contribution in [3.8, 4) is 0 Å². The van der Waals surface area contributed by atoms with E-state index in [1.54, 1.807) is 13.4 Å². The van der Waals surface area contributed by atoms with Gasteiger partial charge in [0.05, 0.1) is 6.61 Å². The van der Waals surface area contributed by atoms with E-state index >= 15 is 0 Å². The summed E-state index contributed by atoms with van der Waals surface area (Å²) in [6.45, 7) is 4.28. The van der Waals surface area contributed by atoms with Gasteiger partial charge in [0.2, 0.25) is 5.91 Å². The molecule has 0 aromatic carbocycles. The highest BCUT2D eigenvalue weighted by Crippen LogP contribution is 2.42. The summed E-state index contributed by atoms with van der Waals surface area (Å²) in [5.74, 6) is 2.03. The van der Waals surface area contributed by atoms with E-state index in [-0.39, 0.29) is 11.3 Å². The predicted octanol–water partition coefficient (Wildman–Crippen LogP) is 2.21. The maximum Gasteiger partial charge on any atom is 0.222 e. The number of rotatable bonds is 5. The van der Waals surface area contributed by atoms with Crippen LogP contribution in [0.3, 0.4) is 0 Å². The molecule has 1 aromatic rings. The van der Waals surface area contributed by atoms with Crippen molar-refractivity contribution in [2.75, 3.05) is 44.8 Å². The summed E-state index contributed by atoms with van der Waals surface area (Å²) in [4.78, 5) is 25.5. The fraction of sp³-hybridized carbons (Fsp3) is 0.737. The fourth-order valence-electron chi connectivity index (χ4n) is 4.26. The summed E-state index contributed by atoms with van der Waals surface area (Å²) in [6.07, 6.45) is 8.23. The highest BCUT2D eigenvalue weighted by Gasteiger charge is 2.41. The van der Waals surface area contributed by atoms with E-state index in [2.05, 4.69) is 20.9 Å². The Balaban J connectivity index is 1.39. The van der Waals surface area contributed by atoms with E-state index in [1.165, 1.54) is 18.5 Å². The molecule has 136 valence electrons. The maximum absolute atomic E-state index is 12.2. The first-order valence-electron chi connectivity index (χ1n) is 9.53. The zero-order valence-electron chi connectivity index (χ0n) is 15.1. The molecule has 1 aliphatic carbocycles. The Kier molecular flexibility index (Phi) is 4.63. The molecule has 25 heavy (non-hydrogen) atoms. The number of likely N-dealkylation sites (tertiary alicyclic amines) is 1. The average Bonchev–Trinajstić information content (AvgIpc) is 3.49. The van der Waals surface area contributed by atoms with Crippen molar-refractivity contribution in [2.45, 2.75) is 44.4 Å². The summed E-state index contributed by atoms with van der Waals surface area (Å²) >= 11 is 0. The van der Waals surface area contributed by atoms with E-state index in [4.69, 9.17) is 4.74 Å². The van der Waals surface area contributed by atoms with Gasteiger partial charge in [-0.05, 0) is 37.5 Å². The molecule has 1 spiro atoms. The molecule has 3 fully saturated rings. The summed E-state index contributed by atoms with van der Waals surface area (Å²) in [7, 11) is 1.69. The van der Waals surface area contributed by atoms with Crippen molar-refractivity contribution in [3.05, 3.63) is 18.1 Å². The van der Waals surface area contributed by atoms with Crippen LogP contribution in [0.1, 0.15) is 50.1 Å². The van der Waals surface area contributed by atoms with Crippen LogP contribution in [0.15, 0.2) is 12.4 Å². The predicted molar refractivity (Wildman–Crippen MR) is 95.6 cm³/mol. The van der Waals surface area contributed by atoms with Crippen molar-refractivity contribution in [1.82, 2.24) is 14.9 Å². The molecule has 3 aliphatic rings. The van der Waals surface area contributed by atoms with Gasteiger partial charge in [0.25, 0.3) is 0 Å². The van der Waals surface area contributed by atoms with Crippen LogP contribution in [0.25, 0.3) is 0 Å². The van der Waals surface area contributed by atoms with Crippen molar-refractivity contribution in [1.29, 1.82) is 0 Å². The SMILES string of the molecule is COCCN1CC2(CCC1=O)CCN(c1cc(C3CC3)ncn1)CC2. The van der Waals surface area contributed by atoms with Crippen LogP contribution < -0.4 is 4.90 Å². The Morgan fingerprint density at radius 2 is 2.04 bits per heavy atom. The Hall–Kier alpha value is -1.69. The third-order valence-electron chi connectivity index (χ3n) is 6.13. The molecule has 0 unspecified atom stereocenters. The summed E-state index contributed by atoms with van der Waals surface area (Å²) in [5, 5.41) is 0. The lowest BCUT2D eigenvalue weighted by Crippen LogP contribution is -2.52. The van der Waals surface area contributed by atoms with Gasteiger partial charge in [0.15, 0.2) is 0 Å². The van der Waals surface area contributed by atoms with Crippen molar-refractivity contribution in [3.63, 3.8) is 0 Å². The lowest BCUT2D eigenvalue weighted by Gasteiger charge is -2.47. The molecule has 0 N–H and O–H groups in total. The molecule has 0 atom stereocenters. The highest BCUT2D eigenvalue weighted by atomic mass is 16.5. The molecule has 1 amide bonds. The van der Waals surface area contributed by atoms with Crippen molar-refractivity contribution < 1.29 is 9.53 Å². The molecule has 1 saturated carbocycles. The molecular formula is C19H28N4O2. The molecule has 2 saturated heterocycles. The second-order valence-electron chi connectivity index (χ2n) is 7.87. The van der Waals surface area contributed by atoms with Gasteiger partial charge in [-0.2, -0.15) is 0 Å². The Morgan fingerprint density at radius 1 is 1.24 bits per heavy atom. The van der Waals surface area contributed by atoms with Crippen LogP contribution in [-0.4, -0.2) is 60.7 Å². The minimum absolute atomic E-state index is 0.282. The van der Waals surface area contributed by atoms with E-state index in [0.29, 0.717) is 18.9 Å². The number of hydrogen-bond acceptors (Lipinski definition) is 5. The third-order valence-corrected chi connectivity index (χ3v) is 6.13. The number of nitrogens with zero attached hydrogens (tertiary/aromatic N) is 4. The number of methoxy groups -OCH3 is 1. The zero-order chi connectivity index (χ0) is 17.3. The van der Waals surface area contributed by atoms with Crippen LogP contribution >= 0.6 is 0 Å². The first kappa shape index (κ1) is 16.8. The summed E-state index contributed by atoms with van der Waals surface area (Å²) < 4.78 is 5.16. The number of piperidine rings is 2. The molecule has 6 heteroatoms. The van der Waals surface area contributed by atoms with E-state index in [9.17, 15) is 4.79 Å². The number of amides is 1. The summed E-state index contributed by atoms with van der Waals surface area (Å²) in [5.41, 5.74) is 1.49. The molecule has 1 aromatic heterocycles. The van der Waals surface area contributed by atoms with Crippen LogP contribution in [0.4, 0.5) is 5.82 Å². The first-order chi connectivity index (χ1) is 12.2. The lowest BCUT2D eigenvalue weighted by molar-refractivity contribution is -0.139. The van der Waals surface area contributed by atoms with Crippen LogP contribution in [-0.2, 0) is 9.53 Å². The molecule has 0 radical (unpaired) electrons. The molecular weight excluding hydrogens is 316 g/mol. The zero-order valence-corrected chi connectivity index (χ0v) is 15.1. The Labute approximate surface area is 149 Å². The van der Waals surface area contributed by atoms with Gasteiger partial charge in [-0.3, -0.25) is 4.79 Å². The van der Waals surface area contributed by atoms with Gasteiger partial charge in [-0.15, -0.1) is 0 Å². The quantitative estimate of drug-likeness (QED) is 0.820. The van der Waals surface area contributed by atoms with Gasteiger partial charge in [0.1, 0.15) is 12.1 Å². The highest BCUT2D eigenvalue weighted by molar-refractivity contribution is 5.77. The van der Waals surface area contributed by atoms with Crippen molar-refractivity contribution >= 4 is 11.7 Å². The number of aromatic nitrogens is 2.